The van der Waals surface area contributed by atoms with Gasteiger partial charge < -0.3 is 14.2 Å². The quantitative estimate of drug-likeness (QED) is 0.473. The van der Waals surface area contributed by atoms with Gasteiger partial charge in [0, 0.05) is 13.2 Å². The Kier molecular flexibility index (Phi) is 5.64. The molecule has 1 aliphatic carbocycles. The summed E-state index contributed by atoms with van der Waals surface area (Å²) in [7, 11) is 1.24. The van der Waals surface area contributed by atoms with Crippen LogP contribution in [0.15, 0.2) is 42.3 Å². The molecule has 5 rings (SSSR count). The topological polar surface area (TPSA) is 89.8 Å². The van der Waals surface area contributed by atoms with Crippen LogP contribution in [0, 0.1) is 5.82 Å². The normalized spacial score (nSPS) is 26.2. The first-order valence-corrected chi connectivity index (χ1v) is 12.2. The summed E-state index contributed by atoms with van der Waals surface area (Å²) in [6.45, 7) is 9.86. The molecule has 0 bridgehead atoms. The highest BCUT2D eigenvalue weighted by Crippen LogP contribution is 2.45. The van der Waals surface area contributed by atoms with Crippen molar-refractivity contribution in [3.05, 3.63) is 53.7 Å². The molecule has 2 aliphatic heterocycles. The van der Waals surface area contributed by atoms with Gasteiger partial charge in [-0.15, -0.1) is 0 Å². The van der Waals surface area contributed by atoms with Gasteiger partial charge in [-0.05, 0) is 71.0 Å². The van der Waals surface area contributed by atoms with Crippen molar-refractivity contribution >= 4 is 19.1 Å². The SMILES string of the molecule is C[C@@H](c1ccc(-n2cc(F)cn2)nc1)N1C(=O)N(C)C2(CC=C(B3OC(C)(C)C(C)(C)O3)CC2)C1=O. The number of halogens is 1. The highest BCUT2D eigenvalue weighted by molar-refractivity contribution is 6.54. The van der Waals surface area contributed by atoms with E-state index in [1.807, 2.05) is 33.8 Å². The number of likely N-dealkylation sites (N-methyl/N-ethyl adjacent to an activating group) is 1. The highest BCUT2D eigenvalue weighted by atomic mass is 19.1. The molecule has 0 saturated carbocycles. The van der Waals surface area contributed by atoms with Crippen LogP contribution < -0.4 is 0 Å². The van der Waals surface area contributed by atoms with Gasteiger partial charge >= 0.3 is 13.1 Å². The molecule has 11 heteroatoms. The number of hydrogen-bond donors (Lipinski definition) is 0. The van der Waals surface area contributed by atoms with Crippen LogP contribution in [0.1, 0.15) is 65.5 Å². The van der Waals surface area contributed by atoms with Crippen molar-refractivity contribution in [2.45, 2.75) is 76.7 Å². The third kappa shape index (κ3) is 3.67. The predicted molar refractivity (Wildman–Crippen MR) is 130 cm³/mol. The van der Waals surface area contributed by atoms with Gasteiger partial charge in [0.1, 0.15) is 5.54 Å². The summed E-state index contributed by atoms with van der Waals surface area (Å²) in [5, 5.41) is 3.91. The van der Waals surface area contributed by atoms with Crippen molar-refractivity contribution < 1.29 is 23.3 Å². The number of rotatable bonds is 4. The number of hydrogen-bond acceptors (Lipinski definition) is 6. The van der Waals surface area contributed by atoms with E-state index in [1.54, 1.807) is 37.2 Å². The fourth-order valence-electron chi connectivity index (χ4n) is 5.06. The van der Waals surface area contributed by atoms with E-state index in [1.165, 1.54) is 15.8 Å². The number of nitrogens with zero attached hydrogens (tertiary/aromatic N) is 5. The molecular weight excluding hydrogens is 464 g/mol. The minimum absolute atomic E-state index is 0.218. The molecule has 9 nitrogen and oxygen atoms in total. The van der Waals surface area contributed by atoms with Crippen molar-refractivity contribution in [3.63, 3.8) is 0 Å². The molecule has 0 aromatic carbocycles. The Morgan fingerprint density at radius 3 is 2.33 bits per heavy atom. The van der Waals surface area contributed by atoms with E-state index in [2.05, 4.69) is 10.1 Å². The van der Waals surface area contributed by atoms with Gasteiger partial charge in [-0.3, -0.25) is 9.69 Å². The molecule has 36 heavy (non-hydrogen) atoms. The molecule has 2 aromatic heterocycles. The maximum Gasteiger partial charge on any atom is 0.490 e. The molecule has 3 aliphatic rings. The lowest BCUT2D eigenvalue weighted by Gasteiger charge is -2.35. The Bertz CT molecular complexity index is 1230. The fraction of sp³-hybridized carbons (Fsp3) is 0.520. The van der Waals surface area contributed by atoms with Crippen LogP contribution in [0.4, 0.5) is 9.18 Å². The number of carbonyl (C=O) groups is 2. The summed E-state index contributed by atoms with van der Waals surface area (Å²) in [6.07, 6.45) is 7.41. The van der Waals surface area contributed by atoms with E-state index in [0.717, 1.165) is 11.7 Å². The number of amides is 3. The van der Waals surface area contributed by atoms with Gasteiger partial charge in [0.05, 0.1) is 29.6 Å². The maximum absolute atomic E-state index is 13.7. The maximum atomic E-state index is 13.7. The Morgan fingerprint density at radius 2 is 1.81 bits per heavy atom. The summed E-state index contributed by atoms with van der Waals surface area (Å²) in [5.41, 5.74) is -0.106. The first-order chi connectivity index (χ1) is 16.9. The fourth-order valence-corrected chi connectivity index (χ4v) is 5.06. The molecule has 2 fully saturated rings. The minimum Gasteiger partial charge on any atom is -0.400 e. The Hall–Kier alpha value is -3.05. The summed E-state index contributed by atoms with van der Waals surface area (Å²) in [5.74, 6) is -0.237. The van der Waals surface area contributed by atoms with Crippen LogP contribution in [0.25, 0.3) is 5.82 Å². The Morgan fingerprint density at radius 1 is 1.11 bits per heavy atom. The van der Waals surface area contributed by atoms with Crippen molar-refractivity contribution in [1.29, 1.82) is 0 Å². The lowest BCUT2D eigenvalue weighted by atomic mass is 9.68. The van der Waals surface area contributed by atoms with Crippen LogP contribution in [-0.4, -0.2) is 67.4 Å². The van der Waals surface area contributed by atoms with Crippen LogP contribution >= 0.6 is 0 Å². The van der Waals surface area contributed by atoms with Gasteiger partial charge in [0.2, 0.25) is 0 Å². The standard InChI is InChI=1S/C25H31BFN5O4/c1-16(17-7-8-20(28-13-17)31-15-19(27)14-29-31)32-21(33)25(30(6)22(32)34)11-9-18(10-12-25)26-35-23(2,3)24(4,5)36-26/h7-9,13-16H,10-12H2,1-6H3/t16-,25?/m0/s1. The van der Waals surface area contributed by atoms with Crippen LogP contribution in [0.3, 0.4) is 0 Å². The summed E-state index contributed by atoms with van der Waals surface area (Å²) < 4.78 is 27.0. The van der Waals surface area contributed by atoms with Crippen molar-refractivity contribution in [2.75, 3.05) is 7.05 Å². The average molecular weight is 495 g/mol. The van der Waals surface area contributed by atoms with E-state index in [-0.39, 0.29) is 11.9 Å². The zero-order valence-electron chi connectivity index (χ0n) is 21.5. The largest absolute Gasteiger partial charge is 0.490 e. The Labute approximate surface area is 210 Å². The van der Waals surface area contributed by atoms with Crippen LogP contribution in [0.5, 0.6) is 0 Å². The smallest absolute Gasteiger partial charge is 0.400 e. The molecule has 1 spiro atoms. The average Bonchev–Trinajstić information content (AvgIpc) is 3.42. The first-order valence-electron chi connectivity index (χ1n) is 12.2. The van der Waals surface area contributed by atoms with Gasteiger partial charge in [0.15, 0.2) is 11.6 Å². The zero-order valence-corrected chi connectivity index (χ0v) is 21.5. The third-order valence-electron chi connectivity index (χ3n) is 8.26. The molecular formula is C25H31BFN5O4. The van der Waals surface area contributed by atoms with E-state index >= 15 is 0 Å². The predicted octanol–water partition coefficient (Wildman–Crippen LogP) is 3.84. The molecule has 2 aromatic rings. The van der Waals surface area contributed by atoms with Gasteiger partial charge in [-0.2, -0.15) is 5.10 Å². The third-order valence-corrected chi connectivity index (χ3v) is 8.26. The lowest BCUT2D eigenvalue weighted by Crippen LogP contribution is -2.49. The molecule has 0 radical (unpaired) electrons. The molecule has 2 saturated heterocycles. The first kappa shape index (κ1) is 24.6. The molecule has 4 heterocycles. The van der Waals surface area contributed by atoms with E-state index in [0.29, 0.717) is 30.6 Å². The van der Waals surface area contributed by atoms with Gasteiger partial charge in [0.25, 0.3) is 5.91 Å². The molecule has 2 atom stereocenters. The number of pyridine rings is 1. The number of imide groups is 1. The minimum atomic E-state index is -0.932. The number of carbonyl (C=O) groups excluding carboxylic acids is 2. The molecule has 1 unspecified atom stereocenters. The highest BCUT2D eigenvalue weighted by Gasteiger charge is 2.59. The molecule has 0 N–H and O–H groups in total. The second-order valence-corrected chi connectivity index (χ2v) is 10.8. The van der Waals surface area contributed by atoms with Crippen molar-refractivity contribution in [1.82, 2.24) is 24.6 Å². The van der Waals surface area contributed by atoms with Crippen molar-refractivity contribution in [2.24, 2.45) is 0 Å². The number of allylic oxidation sites excluding steroid dienone is 1. The van der Waals surface area contributed by atoms with Crippen LogP contribution in [-0.2, 0) is 14.1 Å². The molecule has 3 amide bonds. The van der Waals surface area contributed by atoms with Gasteiger partial charge in [-0.1, -0.05) is 12.1 Å². The lowest BCUT2D eigenvalue weighted by molar-refractivity contribution is -0.134. The van der Waals surface area contributed by atoms with Crippen LogP contribution in [0.2, 0.25) is 0 Å². The van der Waals surface area contributed by atoms with E-state index in [4.69, 9.17) is 9.31 Å². The van der Waals surface area contributed by atoms with Gasteiger partial charge in [-0.25, -0.2) is 18.9 Å². The van der Waals surface area contributed by atoms with Crippen molar-refractivity contribution in [3.8, 4) is 5.82 Å². The summed E-state index contributed by atoms with van der Waals surface area (Å²) in [6, 6.07) is 2.60. The zero-order chi connectivity index (χ0) is 26.0. The summed E-state index contributed by atoms with van der Waals surface area (Å²) >= 11 is 0. The second-order valence-electron chi connectivity index (χ2n) is 10.8. The summed E-state index contributed by atoms with van der Waals surface area (Å²) in [4.78, 5) is 34.2. The number of aromatic nitrogens is 3. The Balaban J connectivity index is 1.34. The monoisotopic (exact) mass is 495 g/mol. The number of urea groups is 1. The van der Waals surface area contributed by atoms with E-state index in [9.17, 15) is 14.0 Å². The second kappa shape index (κ2) is 8.24. The molecule has 190 valence electrons. The van der Waals surface area contributed by atoms with E-state index < -0.39 is 35.7 Å².